The van der Waals surface area contributed by atoms with E-state index in [2.05, 4.69) is 10.3 Å². The molecule has 1 aromatic heterocycles. The maximum atomic E-state index is 12.7. The molecule has 1 heterocycles. The number of nitrogens with one attached hydrogen (secondary N) is 1. The molecule has 0 saturated heterocycles. The Kier molecular flexibility index (Phi) is 6.20. The van der Waals surface area contributed by atoms with Gasteiger partial charge in [-0.3, -0.25) is 9.59 Å². The van der Waals surface area contributed by atoms with Gasteiger partial charge in [0, 0.05) is 22.7 Å². The minimum atomic E-state index is -0.570. The number of benzene rings is 1. The fraction of sp³-hybridized carbons (Fsp3) is 0.316. The summed E-state index contributed by atoms with van der Waals surface area (Å²) in [5.74, 6) is -0.865. The number of nitrogens with zero attached hydrogens (tertiary/aromatic N) is 1. The second-order valence-corrected chi connectivity index (χ2v) is 6.64. The summed E-state index contributed by atoms with van der Waals surface area (Å²) in [6, 6.07) is 7.45. The normalized spacial score (nSPS) is 10.6. The van der Waals surface area contributed by atoms with Gasteiger partial charge in [0.2, 0.25) is 5.91 Å². The van der Waals surface area contributed by atoms with Gasteiger partial charge in [0.25, 0.3) is 5.91 Å². The first-order valence-corrected chi connectivity index (χ1v) is 9.36. The molecule has 0 spiro atoms. The fourth-order valence-electron chi connectivity index (χ4n) is 2.73. The minimum Gasteiger partial charge on any atom is -0.366 e. The molecule has 0 radical (unpaired) electrons. The summed E-state index contributed by atoms with van der Waals surface area (Å²) in [6.45, 7) is 6.24. The molecule has 2 amide bonds. The molecule has 25 heavy (non-hydrogen) atoms. The molecule has 0 bridgehead atoms. The van der Waals surface area contributed by atoms with Gasteiger partial charge in [-0.2, -0.15) is 0 Å². The van der Waals surface area contributed by atoms with Crippen LogP contribution in [0, 0.1) is 13.8 Å². The molecule has 0 aliphatic carbocycles. The van der Waals surface area contributed by atoms with Crippen LogP contribution in [0.1, 0.15) is 45.4 Å². The van der Waals surface area contributed by atoms with Crippen LogP contribution in [0.25, 0.3) is 11.1 Å². The number of aromatic nitrogens is 1. The van der Waals surface area contributed by atoms with Crippen molar-refractivity contribution in [2.45, 2.75) is 32.1 Å². The number of primary amides is 1. The fourth-order valence-corrected chi connectivity index (χ4v) is 3.36. The van der Waals surface area contributed by atoms with Crippen LogP contribution in [0.5, 0.6) is 0 Å². The summed E-state index contributed by atoms with van der Waals surface area (Å²) in [5, 5.41) is 2.84. The molecule has 3 N–H and O–H groups in total. The molecule has 0 aliphatic heterocycles. The van der Waals surface area contributed by atoms with E-state index in [0.717, 1.165) is 22.4 Å². The molecular weight excluding hydrogens is 334 g/mol. The van der Waals surface area contributed by atoms with E-state index < -0.39 is 5.91 Å². The van der Waals surface area contributed by atoms with Crippen LogP contribution in [0.3, 0.4) is 0 Å². The SMILES string of the molecule is CCCNC(=O)c1nc(C)cc(C(N)=O)c1-c1cccc(SC)c1C. The lowest BCUT2D eigenvalue weighted by molar-refractivity contribution is 0.0949. The number of amides is 2. The third kappa shape index (κ3) is 4.02. The number of carbonyl (C=O) groups is 2. The predicted octanol–water partition coefficient (Wildman–Crippen LogP) is 3.33. The topological polar surface area (TPSA) is 85.1 Å². The number of pyridine rings is 1. The number of rotatable bonds is 6. The first-order valence-electron chi connectivity index (χ1n) is 8.14. The average molecular weight is 357 g/mol. The first-order chi connectivity index (χ1) is 11.9. The Morgan fingerprint density at radius 3 is 2.60 bits per heavy atom. The average Bonchev–Trinajstić information content (AvgIpc) is 2.59. The monoisotopic (exact) mass is 357 g/mol. The highest BCUT2D eigenvalue weighted by Gasteiger charge is 2.23. The van der Waals surface area contributed by atoms with Gasteiger partial charge in [0.15, 0.2) is 0 Å². The van der Waals surface area contributed by atoms with Crippen molar-refractivity contribution in [3.05, 3.63) is 46.8 Å². The van der Waals surface area contributed by atoms with Gasteiger partial charge < -0.3 is 11.1 Å². The van der Waals surface area contributed by atoms with E-state index in [1.54, 1.807) is 24.8 Å². The van der Waals surface area contributed by atoms with Crippen molar-refractivity contribution < 1.29 is 9.59 Å². The Bertz CT molecular complexity index is 819. The van der Waals surface area contributed by atoms with E-state index >= 15 is 0 Å². The van der Waals surface area contributed by atoms with Crippen molar-refractivity contribution in [2.75, 3.05) is 12.8 Å². The van der Waals surface area contributed by atoms with Crippen molar-refractivity contribution >= 4 is 23.6 Å². The van der Waals surface area contributed by atoms with Crippen molar-refractivity contribution in [1.82, 2.24) is 10.3 Å². The Morgan fingerprint density at radius 1 is 1.28 bits per heavy atom. The van der Waals surface area contributed by atoms with Crippen LogP contribution in [0.15, 0.2) is 29.2 Å². The lowest BCUT2D eigenvalue weighted by Gasteiger charge is -2.17. The third-order valence-corrected chi connectivity index (χ3v) is 4.82. The van der Waals surface area contributed by atoms with Crippen molar-refractivity contribution in [1.29, 1.82) is 0 Å². The van der Waals surface area contributed by atoms with Crippen LogP contribution in [-0.2, 0) is 0 Å². The van der Waals surface area contributed by atoms with E-state index in [4.69, 9.17) is 5.73 Å². The smallest absolute Gasteiger partial charge is 0.270 e. The van der Waals surface area contributed by atoms with E-state index in [0.29, 0.717) is 23.4 Å². The molecule has 1 aromatic carbocycles. The molecule has 132 valence electrons. The van der Waals surface area contributed by atoms with Gasteiger partial charge in [0.1, 0.15) is 5.69 Å². The van der Waals surface area contributed by atoms with Gasteiger partial charge in [-0.25, -0.2) is 4.98 Å². The largest absolute Gasteiger partial charge is 0.366 e. The molecule has 5 nitrogen and oxygen atoms in total. The highest BCUT2D eigenvalue weighted by atomic mass is 32.2. The van der Waals surface area contributed by atoms with Gasteiger partial charge in [-0.05, 0) is 49.8 Å². The number of hydrogen-bond donors (Lipinski definition) is 2. The van der Waals surface area contributed by atoms with Crippen LogP contribution in [0.4, 0.5) is 0 Å². The lowest BCUT2D eigenvalue weighted by Crippen LogP contribution is -2.27. The molecule has 2 aromatic rings. The van der Waals surface area contributed by atoms with Gasteiger partial charge in [0.05, 0.1) is 5.56 Å². The van der Waals surface area contributed by atoms with Crippen molar-refractivity contribution in [2.24, 2.45) is 5.73 Å². The predicted molar refractivity (Wildman–Crippen MR) is 102 cm³/mol. The molecular formula is C19H23N3O2S. The maximum Gasteiger partial charge on any atom is 0.270 e. The van der Waals surface area contributed by atoms with E-state index in [1.807, 2.05) is 38.3 Å². The summed E-state index contributed by atoms with van der Waals surface area (Å²) >= 11 is 1.61. The summed E-state index contributed by atoms with van der Waals surface area (Å²) in [7, 11) is 0. The zero-order valence-electron chi connectivity index (χ0n) is 15.0. The minimum absolute atomic E-state index is 0.239. The van der Waals surface area contributed by atoms with Crippen molar-refractivity contribution in [3.8, 4) is 11.1 Å². The van der Waals surface area contributed by atoms with Crippen LogP contribution < -0.4 is 11.1 Å². The van der Waals surface area contributed by atoms with Crippen molar-refractivity contribution in [3.63, 3.8) is 0 Å². The summed E-state index contributed by atoms with van der Waals surface area (Å²) in [5.41, 5.74) is 9.04. The molecule has 0 unspecified atom stereocenters. The molecule has 0 saturated carbocycles. The van der Waals surface area contributed by atoms with Crippen LogP contribution >= 0.6 is 11.8 Å². The number of nitrogens with two attached hydrogens (primary N) is 1. The second-order valence-electron chi connectivity index (χ2n) is 5.79. The van der Waals surface area contributed by atoms with Gasteiger partial charge in [-0.15, -0.1) is 11.8 Å². The van der Waals surface area contributed by atoms with E-state index in [9.17, 15) is 9.59 Å². The Morgan fingerprint density at radius 2 is 2.00 bits per heavy atom. The van der Waals surface area contributed by atoms with Gasteiger partial charge in [-0.1, -0.05) is 19.1 Å². The number of hydrogen-bond acceptors (Lipinski definition) is 4. The van der Waals surface area contributed by atoms with Crippen LogP contribution in [0.2, 0.25) is 0 Å². The summed E-state index contributed by atoms with van der Waals surface area (Å²) in [4.78, 5) is 30.2. The first kappa shape index (κ1) is 19.0. The second kappa shape index (κ2) is 8.16. The standard InChI is InChI=1S/C19H23N3O2S/c1-5-9-21-19(24)17-16(14(18(20)23)10-11(2)22-17)13-7-6-8-15(25-4)12(13)3/h6-8,10H,5,9H2,1-4H3,(H2,20,23)(H,21,24). The number of aryl methyl sites for hydroxylation is 1. The number of carbonyl (C=O) groups excluding carboxylic acids is 2. The molecule has 2 rings (SSSR count). The number of thioether (sulfide) groups is 1. The Hall–Kier alpha value is -2.34. The van der Waals surface area contributed by atoms with Crippen LogP contribution in [-0.4, -0.2) is 29.6 Å². The summed E-state index contributed by atoms with van der Waals surface area (Å²) < 4.78 is 0. The summed E-state index contributed by atoms with van der Waals surface area (Å²) in [6.07, 6.45) is 2.81. The zero-order valence-corrected chi connectivity index (χ0v) is 15.8. The molecule has 6 heteroatoms. The third-order valence-electron chi connectivity index (χ3n) is 3.94. The van der Waals surface area contributed by atoms with E-state index in [-0.39, 0.29) is 11.6 Å². The molecule has 0 fully saturated rings. The quantitative estimate of drug-likeness (QED) is 0.777. The van der Waals surface area contributed by atoms with E-state index in [1.165, 1.54) is 0 Å². The van der Waals surface area contributed by atoms with Gasteiger partial charge >= 0.3 is 0 Å². The molecule has 0 atom stereocenters. The highest BCUT2D eigenvalue weighted by Crippen LogP contribution is 2.34. The highest BCUT2D eigenvalue weighted by molar-refractivity contribution is 7.98. The Balaban J connectivity index is 2.78. The molecule has 0 aliphatic rings. The lowest BCUT2D eigenvalue weighted by atomic mass is 9.93. The Labute approximate surface area is 152 Å². The zero-order chi connectivity index (χ0) is 18.6. The maximum absolute atomic E-state index is 12.7.